The number of carbonyl (C=O) groups excluding carboxylic acids is 1. The van der Waals surface area contributed by atoms with E-state index in [1.54, 1.807) is 41.3 Å². The summed E-state index contributed by atoms with van der Waals surface area (Å²) < 4.78 is 14.4. The van der Waals surface area contributed by atoms with E-state index in [1.165, 1.54) is 12.1 Å². The average molecular weight is 517 g/mol. The van der Waals surface area contributed by atoms with Gasteiger partial charge in [0.2, 0.25) is 5.91 Å². The summed E-state index contributed by atoms with van der Waals surface area (Å²) in [6.07, 6.45) is 0.341. The molecule has 3 aromatic rings. The van der Waals surface area contributed by atoms with E-state index in [1.807, 2.05) is 24.3 Å². The van der Waals surface area contributed by atoms with Crippen molar-refractivity contribution < 1.29 is 19.4 Å². The van der Waals surface area contributed by atoms with Crippen LogP contribution in [0.2, 0.25) is 0 Å². The molecule has 1 fully saturated rings. The lowest BCUT2D eigenvalue weighted by Crippen LogP contribution is -2.55. The molecule has 1 heterocycles. The number of hydrogen-bond acceptors (Lipinski definition) is 3. The van der Waals surface area contributed by atoms with Crippen molar-refractivity contribution in [3.8, 4) is 5.75 Å². The Morgan fingerprint density at radius 1 is 0.967 bits per heavy atom. The number of benzene rings is 3. The Balaban J connectivity index is 1.55. The quantitative estimate of drug-likeness (QED) is 0.342. The van der Waals surface area contributed by atoms with Gasteiger partial charge in [0.1, 0.15) is 11.6 Å². The van der Waals surface area contributed by atoms with Crippen LogP contribution in [-0.2, 0) is 4.79 Å². The normalized spacial score (nSPS) is 19.4. The number of β-lactam (4-membered cyclic amide) rings is 1. The summed E-state index contributed by atoms with van der Waals surface area (Å²) in [7, 11) is 0. The Labute approximate surface area is 188 Å². The molecule has 30 heavy (non-hydrogen) atoms. The molecule has 1 aliphatic rings. The van der Waals surface area contributed by atoms with Crippen molar-refractivity contribution in [2.45, 2.75) is 25.0 Å². The Bertz CT molecular complexity index is 1020. The number of amides is 1. The summed E-state index contributed by atoms with van der Waals surface area (Å²) in [5.41, 5.74) is 2.36. The van der Waals surface area contributed by atoms with Crippen LogP contribution in [0.3, 0.4) is 0 Å². The van der Waals surface area contributed by atoms with Gasteiger partial charge in [0.25, 0.3) is 0 Å². The van der Waals surface area contributed by atoms with E-state index in [0.29, 0.717) is 18.5 Å². The fourth-order valence-electron chi connectivity index (χ4n) is 3.96. The van der Waals surface area contributed by atoms with Crippen LogP contribution in [-0.4, -0.2) is 16.1 Å². The highest BCUT2D eigenvalue weighted by atomic mass is 127. The van der Waals surface area contributed by atoms with Gasteiger partial charge in [0.15, 0.2) is 0 Å². The van der Waals surface area contributed by atoms with E-state index >= 15 is 0 Å². The molecule has 4 nitrogen and oxygen atoms in total. The largest absolute Gasteiger partial charge is 0.508 e. The fraction of sp³-hybridized carbons (Fsp3) is 0.208. The van der Waals surface area contributed by atoms with Gasteiger partial charge in [-0.3, -0.25) is 4.79 Å². The van der Waals surface area contributed by atoms with Crippen molar-refractivity contribution in [1.29, 1.82) is 0 Å². The Morgan fingerprint density at radius 3 is 2.23 bits per heavy atom. The minimum atomic E-state index is -0.643. The van der Waals surface area contributed by atoms with Crippen LogP contribution in [0.4, 0.5) is 10.1 Å². The summed E-state index contributed by atoms with van der Waals surface area (Å²) in [4.78, 5) is 14.7. The smallest absolute Gasteiger partial charge is 0.233 e. The lowest BCUT2D eigenvalue weighted by Gasteiger charge is -2.48. The summed E-state index contributed by atoms with van der Waals surface area (Å²) in [6, 6.07) is 20.1. The first kappa shape index (κ1) is 20.8. The zero-order valence-corrected chi connectivity index (χ0v) is 18.2. The van der Waals surface area contributed by atoms with Gasteiger partial charge >= 0.3 is 0 Å². The Morgan fingerprint density at radius 2 is 1.60 bits per heavy atom. The predicted octanol–water partition coefficient (Wildman–Crippen LogP) is 5.35. The SMILES string of the molecule is O=C1[C@H](CC[C@H](O)c2ccc(I)cc2)[C@@H](c2ccc(O)cc2)N1c1ccc(F)cc1. The molecule has 3 atom stereocenters. The molecule has 4 rings (SSSR count). The van der Waals surface area contributed by atoms with E-state index < -0.39 is 6.10 Å². The highest BCUT2D eigenvalue weighted by Gasteiger charge is 2.48. The van der Waals surface area contributed by atoms with Crippen LogP contribution >= 0.6 is 22.6 Å². The number of rotatable bonds is 6. The molecule has 3 aromatic carbocycles. The molecule has 0 aliphatic carbocycles. The van der Waals surface area contributed by atoms with E-state index in [9.17, 15) is 19.4 Å². The molecule has 1 aliphatic heterocycles. The van der Waals surface area contributed by atoms with E-state index in [0.717, 1.165) is 14.7 Å². The number of aliphatic hydroxyl groups is 1. The highest BCUT2D eigenvalue weighted by Crippen LogP contribution is 2.46. The van der Waals surface area contributed by atoms with E-state index in [-0.39, 0.29) is 29.4 Å². The first-order valence-corrected chi connectivity index (χ1v) is 10.8. The zero-order valence-electron chi connectivity index (χ0n) is 16.1. The molecule has 2 N–H and O–H groups in total. The maximum Gasteiger partial charge on any atom is 0.233 e. The zero-order chi connectivity index (χ0) is 21.3. The average Bonchev–Trinajstić information content (AvgIpc) is 2.74. The lowest BCUT2D eigenvalue weighted by molar-refractivity contribution is -0.131. The number of halogens is 2. The third-order valence-corrected chi connectivity index (χ3v) is 6.28. The van der Waals surface area contributed by atoms with Crippen molar-refractivity contribution >= 4 is 34.2 Å². The first-order chi connectivity index (χ1) is 14.4. The minimum Gasteiger partial charge on any atom is -0.508 e. The van der Waals surface area contributed by atoms with Crippen molar-refractivity contribution in [2.24, 2.45) is 5.92 Å². The number of phenols is 1. The standard InChI is InChI=1S/C24H21FINO3/c25-17-5-9-19(10-6-17)27-23(16-3-11-20(28)12-4-16)21(24(27)30)13-14-22(29)15-1-7-18(26)8-2-15/h1-12,21-23,28-29H,13-14H2/t21-,22+,23-/m1/s1. The number of anilines is 1. The van der Waals surface area contributed by atoms with Gasteiger partial charge in [-0.2, -0.15) is 0 Å². The van der Waals surface area contributed by atoms with Gasteiger partial charge in [-0.05, 0) is 95.1 Å². The topological polar surface area (TPSA) is 60.8 Å². The van der Waals surface area contributed by atoms with Gasteiger partial charge in [0, 0.05) is 9.26 Å². The van der Waals surface area contributed by atoms with Crippen LogP contribution in [0, 0.1) is 15.3 Å². The van der Waals surface area contributed by atoms with Crippen LogP contribution in [0.1, 0.15) is 36.1 Å². The van der Waals surface area contributed by atoms with Gasteiger partial charge in [-0.25, -0.2) is 4.39 Å². The number of nitrogens with zero attached hydrogens (tertiary/aromatic N) is 1. The molecule has 0 unspecified atom stereocenters. The number of hydrogen-bond donors (Lipinski definition) is 2. The van der Waals surface area contributed by atoms with Gasteiger partial charge < -0.3 is 15.1 Å². The highest BCUT2D eigenvalue weighted by molar-refractivity contribution is 14.1. The summed E-state index contributed by atoms with van der Waals surface area (Å²) in [6.45, 7) is 0. The Kier molecular flexibility index (Phi) is 6.06. The molecular formula is C24H21FINO3. The number of phenolic OH excluding ortho intramolecular Hbond substituents is 1. The molecule has 154 valence electrons. The van der Waals surface area contributed by atoms with Crippen LogP contribution < -0.4 is 4.90 Å². The van der Waals surface area contributed by atoms with E-state index in [4.69, 9.17) is 0 Å². The maximum absolute atomic E-state index is 13.3. The second-order valence-corrected chi connectivity index (χ2v) is 8.72. The molecule has 0 saturated carbocycles. The molecule has 1 saturated heterocycles. The second kappa shape index (κ2) is 8.73. The molecule has 0 radical (unpaired) electrons. The molecule has 0 bridgehead atoms. The molecule has 0 spiro atoms. The second-order valence-electron chi connectivity index (χ2n) is 7.47. The van der Waals surface area contributed by atoms with Gasteiger partial charge in [-0.1, -0.05) is 24.3 Å². The predicted molar refractivity (Wildman–Crippen MR) is 122 cm³/mol. The summed E-state index contributed by atoms with van der Waals surface area (Å²) in [5, 5.41) is 20.2. The summed E-state index contributed by atoms with van der Waals surface area (Å²) in [5.74, 6) is -0.541. The maximum atomic E-state index is 13.3. The van der Waals surface area contributed by atoms with Crippen LogP contribution in [0.15, 0.2) is 72.8 Å². The van der Waals surface area contributed by atoms with Crippen molar-refractivity contribution in [3.63, 3.8) is 0 Å². The molecule has 1 amide bonds. The third-order valence-electron chi connectivity index (χ3n) is 5.56. The van der Waals surface area contributed by atoms with Crippen molar-refractivity contribution in [3.05, 3.63) is 93.3 Å². The molecule has 6 heteroatoms. The van der Waals surface area contributed by atoms with Crippen molar-refractivity contribution in [1.82, 2.24) is 0 Å². The lowest BCUT2D eigenvalue weighted by atomic mass is 9.78. The van der Waals surface area contributed by atoms with Gasteiger partial charge in [-0.15, -0.1) is 0 Å². The number of carbonyl (C=O) groups is 1. The van der Waals surface area contributed by atoms with Crippen molar-refractivity contribution in [2.75, 3.05) is 4.90 Å². The number of aliphatic hydroxyl groups excluding tert-OH is 1. The van der Waals surface area contributed by atoms with Crippen LogP contribution in [0.5, 0.6) is 5.75 Å². The summed E-state index contributed by atoms with van der Waals surface area (Å²) >= 11 is 2.22. The molecular weight excluding hydrogens is 496 g/mol. The van der Waals surface area contributed by atoms with Crippen LogP contribution in [0.25, 0.3) is 0 Å². The number of aromatic hydroxyl groups is 1. The molecule has 0 aromatic heterocycles. The minimum absolute atomic E-state index is 0.0468. The Hall–Kier alpha value is -2.45. The third kappa shape index (κ3) is 4.20. The van der Waals surface area contributed by atoms with Gasteiger partial charge in [0.05, 0.1) is 18.1 Å². The fourth-order valence-corrected chi connectivity index (χ4v) is 4.32. The first-order valence-electron chi connectivity index (χ1n) is 9.75. The monoisotopic (exact) mass is 517 g/mol. The van der Waals surface area contributed by atoms with E-state index in [2.05, 4.69) is 22.6 Å².